The minimum Gasteiger partial charge on any atom is -0.493 e. The molecule has 0 aliphatic rings. The van der Waals surface area contributed by atoms with E-state index in [2.05, 4.69) is 10.6 Å². The van der Waals surface area contributed by atoms with Crippen LogP contribution in [0.3, 0.4) is 0 Å². The highest BCUT2D eigenvalue weighted by Gasteiger charge is 2.19. The van der Waals surface area contributed by atoms with Gasteiger partial charge in [0, 0.05) is 26.2 Å². The molecule has 9 heteroatoms. The van der Waals surface area contributed by atoms with Gasteiger partial charge in [-0.25, -0.2) is 4.39 Å². The molecule has 1 aromatic carbocycles. The highest BCUT2D eigenvalue weighted by molar-refractivity contribution is 6.39. The summed E-state index contributed by atoms with van der Waals surface area (Å²) in [7, 11) is 5.70. The Kier molecular flexibility index (Phi) is 6.31. The van der Waals surface area contributed by atoms with Gasteiger partial charge in [0.05, 0.1) is 26.5 Å². The van der Waals surface area contributed by atoms with Crippen molar-refractivity contribution in [2.45, 2.75) is 0 Å². The topological polar surface area (TPSA) is 97.0 Å². The van der Waals surface area contributed by atoms with E-state index in [4.69, 9.17) is 9.47 Å². The standard InChI is InChI=1S/C14H18FN3O5/c1-18(2)12(19)7-16-13(20)14(21)17-9-6-11(23-4)10(22-3)5-8(9)15/h5-6H,7H2,1-4H3,(H,16,20)(H,17,21). The Labute approximate surface area is 132 Å². The summed E-state index contributed by atoms with van der Waals surface area (Å²) in [6, 6.07) is 2.20. The Hall–Kier alpha value is -2.84. The van der Waals surface area contributed by atoms with E-state index in [1.54, 1.807) is 0 Å². The summed E-state index contributed by atoms with van der Waals surface area (Å²) in [6.45, 7) is -0.340. The number of anilines is 1. The summed E-state index contributed by atoms with van der Waals surface area (Å²) in [5.74, 6) is -3.02. The number of halogens is 1. The number of rotatable bonds is 5. The monoisotopic (exact) mass is 327 g/mol. The van der Waals surface area contributed by atoms with E-state index in [0.717, 1.165) is 6.07 Å². The van der Waals surface area contributed by atoms with Crippen LogP contribution in [0.1, 0.15) is 0 Å². The lowest BCUT2D eigenvalue weighted by molar-refractivity contribution is -0.137. The molecule has 0 atom stereocenters. The zero-order valence-electron chi connectivity index (χ0n) is 13.2. The number of hydrogen-bond donors (Lipinski definition) is 2. The van der Waals surface area contributed by atoms with E-state index in [0.29, 0.717) is 0 Å². The van der Waals surface area contributed by atoms with Crippen molar-refractivity contribution in [1.82, 2.24) is 10.2 Å². The van der Waals surface area contributed by atoms with Gasteiger partial charge < -0.3 is 25.0 Å². The molecule has 3 amide bonds. The maximum atomic E-state index is 13.9. The third-order valence-corrected chi connectivity index (χ3v) is 2.83. The molecule has 0 radical (unpaired) electrons. The van der Waals surface area contributed by atoms with Crippen LogP contribution in [-0.2, 0) is 14.4 Å². The summed E-state index contributed by atoms with van der Waals surface area (Å²) >= 11 is 0. The number of carbonyl (C=O) groups excluding carboxylic acids is 3. The SMILES string of the molecule is COc1cc(F)c(NC(=O)C(=O)NCC(=O)N(C)C)cc1OC. The molecule has 0 heterocycles. The van der Waals surface area contributed by atoms with E-state index in [9.17, 15) is 18.8 Å². The second-order valence-electron chi connectivity index (χ2n) is 4.61. The van der Waals surface area contributed by atoms with Crippen LogP contribution in [0, 0.1) is 5.82 Å². The molecule has 0 aliphatic carbocycles. The first-order chi connectivity index (χ1) is 10.8. The third-order valence-electron chi connectivity index (χ3n) is 2.83. The van der Waals surface area contributed by atoms with Crippen LogP contribution in [0.2, 0.25) is 0 Å². The molecule has 1 rings (SSSR count). The zero-order chi connectivity index (χ0) is 17.6. The molecule has 8 nitrogen and oxygen atoms in total. The molecule has 1 aromatic rings. The van der Waals surface area contributed by atoms with Crippen LogP contribution in [0.25, 0.3) is 0 Å². The molecule has 0 spiro atoms. The van der Waals surface area contributed by atoms with Crippen molar-refractivity contribution >= 4 is 23.4 Å². The molecule has 0 unspecified atom stereocenters. The number of ether oxygens (including phenoxy) is 2. The first kappa shape index (κ1) is 18.2. The number of amides is 3. The lowest BCUT2D eigenvalue weighted by Gasteiger charge is -2.12. The summed E-state index contributed by atoms with van der Waals surface area (Å²) in [4.78, 5) is 35.9. The molecule has 0 saturated heterocycles. The fourth-order valence-corrected chi connectivity index (χ4v) is 1.52. The maximum absolute atomic E-state index is 13.9. The molecule has 23 heavy (non-hydrogen) atoms. The van der Waals surface area contributed by atoms with Crippen LogP contribution in [0.5, 0.6) is 11.5 Å². The van der Waals surface area contributed by atoms with Crippen molar-refractivity contribution in [3.8, 4) is 11.5 Å². The van der Waals surface area contributed by atoms with Crippen molar-refractivity contribution in [2.24, 2.45) is 0 Å². The van der Waals surface area contributed by atoms with Crippen LogP contribution in [0.15, 0.2) is 12.1 Å². The average Bonchev–Trinajstić information content (AvgIpc) is 2.53. The van der Waals surface area contributed by atoms with Crippen LogP contribution >= 0.6 is 0 Å². The van der Waals surface area contributed by atoms with Crippen LogP contribution < -0.4 is 20.1 Å². The normalized spacial score (nSPS) is 9.78. The minimum atomic E-state index is -1.11. The molecular weight excluding hydrogens is 309 g/mol. The fourth-order valence-electron chi connectivity index (χ4n) is 1.52. The third kappa shape index (κ3) is 4.83. The van der Waals surface area contributed by atoms with Gasteiger partial charge in [-0.1, -0.05) is 0 Å². The van der Waals surface area contributed by atoms with Gasteiger partial charge in [0.25, 0.3) is 0 Å². The van der Waals surface area contributed by atoms with Gasteiger partial charge in [0.1, 0.15) is 0 Å². The van der Waals surface area contributed by atoms with E-state index in [-0.39, 0.29) is 29.6 Å². The van der Waals surface area contributed by atoms with Gasteiger partial charge in [0.15, 0.2) is 17.3 Å². The highest BCUT2D eigenvalue weighted by Crippen LogP contribution is 2.32. The second-order valence-corrected chi connectivity index (χ2v) is 4.61. The Balaban J connectivity index is 2.77. The predicted molar refractivity (Wildman–Crippen MR) is 79.8 cm³/mol. The van der Waals surface area contributed by atoms with E-state index >= 15 is 0 Å². The summed E-state index contributed by atoms with van der Waals surface area (Å²) < 4.78 is 23.8. The molecule has 0 bridgehead atoms. The zero-order valence-corrected chi connectivity index (χ0v) is 13.2. The minimum absolute atomic E-state index is 0.143. The Morgan fingerprint density at radius 2 is 1.65 bits per heavy atom. The van der Waals surface area contributed by atoms with Gasteiger partial charge in [-0.2, -0.15) is 0 Å². The molecule has 2 N–H and O–H groups in total. The van der Waals surface area contributed by atoms with Crippen molar-refractivity contribution in [3.63, 3.8) is 0 Å². The van der Waals surface area contributed by atoms with Crippen LogP contribution in [0.4, 0.5) is 10.1 Å². The number of carbonyl (C=O) groups is 3. The lowest BCUT2D eigenvalue weighted by Crippen LogP contribution is -2.41. The molecule has 0 fully saturated rings. The van der Waals surface area contributed by atoms with E-state index in [1.165, 1.54) is 39.3 Å². The summed E-state index contributed by atoms with van der Waals surface area (Å²) in [6.07, 6.45) is 0. The Morgan fingerprint density at radius 3 is 2.17 bits per heavy atom. The lowest BCUT2D eigenvalue weighted by atomic mass is 10.2. The first-order valence-electron chi connectivity index (χ1n) is 6.51. The Bertz CT molecular complexity index is 619. The largest absolute Gasteiger partial charge is 0.493 e. The smallest absolute Gasteiger partial charge is 0.313 e. The number of likely N-dealkylation sites (N-methyl/N-ethyl adjacent to an activating group) is 1. The van der Waals surface area contributed by atoms with Crippen LogP contribution in [-0.4, -0.2) is 57.5 Å². The van der Waals surface area contributed by atoms with E-state index < -0.39 is 17.6 Å². The van der Waals surface area contributed by atoms with Gasteiger partial charge >= 0.3 is 11.8 Å². The number of nitrogens with zero attached hydrogens (tertiary/aromatic N) is 1. The fraction of sp³-hybridized carbons (Fsp3) is 0.357. The van der Waals surface area contributed by atoms with Crippen molar-refractivity contribution in [2.75, 3.05) is 40.2 Å². The molecule has 0 aliphatic heterocycles. The quantitative estimate of drug-likeness (QED) is 0.741. The van der Waals surface area contributed by atoms with Crippen molar-refractivity contribution in [3.05, 3.63) is 17.9 Å². The average molecular weight is 327 g/mol. The first-order valence-corrected chi connectivity index (χ1v) is 6.51. The van der Waals surface area contributed by atoms with Gasteiger partial charge in [0.2, 0.25) is 5.91 Å². The van der Waals surface area contributed by atoms with Crippen molar-refractivity contribution < 1.29 is 28.2 Å². The second kappa shape index (κ2) is 7.97. The number of methoxy groups -OCH3 is 2. The summed E-state index contributed by atoms with van der Waals surface area (Å²) in [5, 5.41) is 4.24. The number of nitrogens with one attached hydrogen (secondary N) is 2. The maximum Gasteiger partial charge on any atom is 0.313 e. The predicted octanol–water partition coefficient (Wildman–Crippen LogP) is -0.0142. The highest BCUT2D eigenvalue weighted by atomic mass is 19.1. The van der Waals surface area contributed by atoms with Gasteiger partial charge in [-0.05, 0) is 0 Å². The Morgan fingerprint density at radius 1 is 1.09 bits per heavy atom. The van der Waals surface area contributed by atoms with E-state index in [1.807, 2.05) is 0 Å². The molecule has 0 saturated carbocycles. The summed E-state index contributed by atoms with van der Waals surface area (Å²) in [5.41, 5.74) is -0.248. The molecule has 0 aromatic heterocycles. The van der Waals surface area contributed by atoms with Gasteiger partial charge in [-0.15, -0.1) is 0 Å². The number of hydrogen-bond acceptors (Lipinski definition) is 5. The molecule has 126 valence electrons. The number of benzene rings is 1. The van der Waals surface area contributed by atoms with Gasteiger partial charge in [-0.3, -0.25) is 14.4 Å². The molecular formula is C14H18FN3O5. The van der Waals surface area contributed by atoms with Crippen molar-refractivity contribution in [1.29, 1.82) is 0 Å².